The molecule has 0 N–H and O–H groups in total. The summed E-state index contributed by atoms with van der Waals surface area (Å²) in [7, 11) is 0. The Hall–Kier alpha value is -3.80. The fourth-order valence-electron chi connectivity index (χ4n) is 2.77. The van der Waals surface area contributed by atoms with Crippen LogP contribution in [0.3, 0.4) is 0 Å². The topological polar surface area (TPSA) is 72.8 Å². The van der Waals surface area contributed by atoms with Crippen molar-refractivity contribution in [2.75, 3.05) is 0 Å². The Bertz CT molecular complexity index is 1120. The summed E-state index contributed by atoms with van der Waals surface area (Å²) in [4.78, 5) is 19.6. The molecule has 126 valence electrons. The van der Waals surface area contributed by atoms with E-state index in [4.69, 9.17) is 4.98 Å². The molecule has 4 rings (SSSR count). The van der Waals surface area contributed by atoms with Crippen molar-refractivity contribution in [1.29, 1.82) is 0 Å². The van der Waals surface area contributed by atoms with Crippen molar-refractivity contribution in [3.05, 3.63) is 94.8 Å². The van der Waals surface area contributed by atoms with E-state index in [2.05, 4.69) is 4.99 Å². The molecule has 0 bridgehead atoms. The molecule has 2 heterocycles. The van der Waals surface area contributed by atoms with Crippen LogP contribution in [-0.2, 0) is 0 Å². The van der Waals surface area contributed by atoms with Gasteiger partial charge in [0, 0.05) is 23.9 Å². The van der Waals surface area contributed by atoms with Crippen LogP contribution in [0, 0.1) is 10.1 Å². The third-order valence-electron chi connectivity index (χ3n) is 3.99. The first-order valence-electron chi connectivity index (χ1n) is 8.03. The lowest BCUT2D eigenvalue weighted by atomic mass is 10.2. The molecular formula is C20H14N4O2. The molecule has 0 atom stereocenters. The standard InChI is InChI=1S/C20H14N4O2/c25-24(26)17-10-6-9-16(13-17)21-14-18-19-11-4-5-12-23(19)20(22-18)15-7-2-1-3-8-15/h1-14H. The van der Waals surface area contributed by atoms with Gasteiger partial charge in [-0.05, 0) is 18.2 Å². The third-order valence-corrected chi connectivity index (χ3v) is 3.99. The van der Waals surface area contributed by atoms with E-state index in [0.717, 1.165) is 16.9 Å². The summed E-state index contributed by atoms with van der Waals surface area (Å²) in [6, 6.07) is 22.0. The molecule has 0 aliphatic heterocycles. The molecule has 0 unspecified atom stereocenters. The van der Waals surface area contributed by atoms with Gasteiger partial charge in [0.2, 0.25) is 0 Å². The van der Waals surface area contributed by atoms with Gasteiger partial charge in [-0.25, -0.2) is 4.98 Å². The molecular weight excluding hydrogens is 328 g/mol. The second-order valence-electron chi connectivity index (χ2n) is 5.68. The highest BCUT2D eigenvalue weighted by molar-refractivity contribution is 5.90. The van der Waals surface area contributed by atoms with Gasteiger partial charge in [0.15, 0.2) is 0 Å². The average Bonchev–Trinajstić information content (AvgIpc) is 3.06. The fourth-order valence-corrected chi connectivity index (χ4v) is 2.77. The molecule has 0 fully saturated rings. The Morgan fingerprint density at radius 1 is 1.00 bits per heavy atom. The minimum absolute atomic E-state index is 0.0133. The second kappa shape index (κ2) is 6.60. The first-order valence-corrected chi connectivity index (χ1v) is 8.03. The maximum Gasteiger partial charge on any atom is 0.271 e. The lowest BCUT2D eigenvalue weighted by Crippen LogP contribution is -1.87. The van der Waals surface area contributed by atoms with E-state index in [9.17, 15) is 10.1 Å². The highest BCUT2D eigenvalue weighted by Crippen LogP contribution is 2.23. The summed E-state index contributed by atoms with van der Waals surface area (Å²) in [5, 5.41) is 10.9. The number of fused-ring (bicyclic) bond motifs is 1. The molecule has 0 spiro atoms. The Labute approximate surface area is 149 Å². The number of imidazole rings is 1. The number of aliphatic imine (C=N–C) groups is 1. The van der Waals surface area contributed by atoms with E-state index >= 15 is 0 Å². The molecule has 2 aromatic heterocycles. The number of hydrogen-bond acceptors (Lipinski definition) is 4. The molecule has 2 aromatic carbocycles. The van der Waals surface area contributed by atoms with Crippen LogP contribution in [-0.4, -0.2) is 20.5 Å². The van der Waals surface area contributed by atoms with Crippen molar-refractivity contribution < 1.29 is 4.92 Å². The van der Waals surface area contributed by atoms with Gasteiger partial charge in [-0.2, -0.15) is 0 Å². The molecule has 6 nitrogen and oxygen atoms in total. The lowest BCUT2D eigenvalue weighted by molar-refractivity contribution is -0.384. The molecule has 4 aromatic rings. The zero-order valence-electron chi connectivity index (χ0n) is 13.7. The summed E-state index contributed by atoms with van der Waals surface area (Å²) >= 11 is 0. The zero-order valence-corrected chi connectivity index (χ0v) is 13.7. The van der Waals surface area contributed by atoms with Gasteiger partial charge < -0.3 is 0 Å². The van der Waals surface area contributed by atoms with E-state index in [1.165, 1.54) is 12.1 Å². The fraction of sp³-hybridized carbons (Fsp3) is 0. The van der Waals surface area contributed by atoms with Crippen LogP contribution < -0.4 is 0 Å². The molecule has 0 amide bonds. The van der Waals surface area contributed by atoms with E-state index < -0.39 is 4.92 Å². The second-order valence-corrected chi connectivity index (χ2v) is 5.68. The minimum atomic E-state index is -0.432. The van der Waals surface area contributed by atoms with E-state index in [-0.39, 0.29) is 5.69 Å². The van der Waals surface area contributed by atoms with Gasteiger partial charge >= 0.3 is 0 Å². The van der Waals surface area contributed by atoms with Crippen LogP contribution in [0.1, 0.15) is 5.69 Å². The zero-order chi connectivity index (χ0) is 17.9. The maximum atomic E-state index is 10.9. The number of nitro benzene ring substituents is 1. The number of aromatic nitrogens is 2. The Kier molecular flexibility index (Phi) is 3.99. The number of hydrogen-bond donors (Lipinski definition) is 0. The van der Waals surface area contributed by atoms with Crippen molar-refractivity contribution >= 4 is 23.1 Å². The van der Waals surface area contributed by atoms with Crippen molar-refractivity contribution in [3.63, 3.8) is 0 Å². The monoisotopic (exact) mass is 342 g/mol. The van der Waals surface area contributed by atoms with Crippen LogP contribution >= 0.6 is 0 Å². The highest BCUT2D eigenvalue weighted by atomic mass is 16.6. The number of rotatable bonds is 4. The lowest BCUT2D eigenvalue weighted by Gasteiger charge is -1.99. The van der Waals surface area contributed by atoms with Crippen LogP contribution in [0.5, 0.6) is 0 Å². The summed E-state index contributed by atoms with van der Waals surface area (Å²) in [6.45, 7) is 0. The van der Waals surface area contributed by atoms with E-state index in [1.54, 1.807) is 18.3 Å². The number of pyridine rings is 1. The maximum absolute atomic E-state index is 10.9. The Balaban J connectivity index is 1.78. The first kappa shape index (κ1) is 15.7. The van der Waals surface area contributed by atoms with Crippen LogP contribution in [0.2, 0.25) is 0 Å². The van der Waals surface area contributed by atoms with E-state index in [0.29, 0.717) is 11.4 Å². The van der Waals surface area contributed by atoms with Crippen molar-refractivity contribution in [1.82, 2.24) is 9.38 Å². The van der Waals surface area contributed by atoms with Gasteiger partial charge in [0.1, 0.15) is 11.5 Å². The van der Waals surface area contributed by atoms with Crippen molar-refractivity contribution in [3.8, 4) is 11.4 Å². The Morgan fingerprint density at radius 2 is 1.81 bits per heavy atom. The van der Waals surface area contributed by atoms with Crippen LogP contribution in [0.4, 0.5) is 11.4 Å². The third kappa shape index (κ3) is 2.95. The quantitative estimate of drug-likeness (QED) is 0.307. The van der Waals surface area contributed by atoms with Gasteiger partial charge in [0.25, 0.3) is 5.69 Å². The number of nitrogens with zero attached hydrogens (tertiary/aromatic N) is 4. The molecule has 0 radical (unpaired) electrons. The van der Waals surface area contributed by atoms with Crippen LogP contribution in [0.15, 0.2) is 84.0 Å². The molecule has 0 saturated carbocycles. The minimum Gasteiger partial charge on any atom is -0.299 e. The number of benzene rings is 2. The molecule has 26 heavy (non-hydrogen) atoms. The molecule has 6 heteroatoms. The SMILES string of the molecule is O=[N+]([O-])c1cccc(N=Cc2nc(-c3ccccc3)n3ccccc23)c1. The number of non-ortho nitro benzene ring substituents is 1. The molecule has 0 saturated heterocycles. The highest BCUT2D eigenvalue weighted by Gasteiger charge is 2.11. The van der Waals surface area contributed by atoms with Crippen molar-refractivity contribution in [2.45, 2.75) is 0 Å². The largest absolute Gasteiger partial charge is 0.299 e. The van der Waals surface area contributed by atoms with Gasteiger partial charge in [-0.3, -0.25) is 19.5 Å². The smallest absolute Gasteiger partial charge is 0.271 e. The molecule has 0 aliphatic rings. The van der Waals surface area contributed by atoms with Crippen molar-refractivity contribution in [2.24, 2.45) is 4.99 Å². The average molecular weight is 342 g/mol. The normalized spacial score (nSPS) is 11.2. The summed E-state index contributed by atoms with van der Waals surface area (Å²) in [5.74, 6) is 0.821. The van der Waals surface area contributed by atoms with Crippen LogP contribution in [0.25, 0.3) is 16.9 Å². The number of nitro groups is 1. The van der Waals surface area contributed by atoms with Gasteiger partial charge in [-0.15, -0.1) is 0 Å². The summed E-state index contributed by atoms with van der Waals surface area (Å²) in [6.07, 6.45) is 3.59. The van der Waals surface area contributed by atoms with E-state index in [1.807, 2.05) is 59.1 Å². The van der Waals surface area contributed by atoms with Gasteiger partial charge in [0.05, 0.1) is 22.3 Å². The predicted molar refractivity (Wildman–Crippen MR) is 101 cm³/mol. The summed E-state index contributed by atoms with van der Waals surface area (Å²) < 4.78 is 2.00. The summed E-state index contributed by atoms with van der Waals surface area (Å²) in [5.41, 5.74) is 3.15. The molecule has 0 aliphatic carbocycles. The van der Waals surface area contributed by atoms with Gasteiger partial charge in [-0.1, -0.05) is 42.5 Å². The first-order chi connectivity index (χ1) is 12.7. The Morgan fingerprint density at radius 3 is 2.62 bits per heavy atom. The predicted octanol–water partition coefficient (Wildman–Crippen LogP) is 4.66.